The zero-order valence-electron chi connectivity index (χ0n) is 7.22. The Morgan fingerprint density at radius 3 is 2.69 bits per heavy atom. The van der Waals surface area contributed by atoms with Gasteiger partial charge in [-0.25, -0.2) is 0 Å². The average molecular weight is 220 g/mol. The summed E-state index contributed by atoms with van der Waals surface area (Å²) in [5.41, 5.74) is 0.784. The molecule has 13 heavy (non-hydrogen) atoms. The normalized spacial score (nSPS) is 12.6. The summed E-state index contributed by atoms with van der Waals surface area (Å²) >= 11 is 11.6. The van der Waals surface area contributed by atoms with E-state index in [9.17, 15) is 0 Å². The van der Waals surface area contributed by atoms with Crippen molar-refractivity contribution in [2.45, 2.75) is 13.0 Å². The first-order valence-corrected chi connectivity index (χ1v) is 4.72. The minimum Gasteiger partial charge on any atom is -0.392 e. The van der Waals surface area contributed by atoms with Crippen molar-refractivity contribution in [3.63, 3.8) is 0 Å². The smallest absolute Gasteiger partial charge is 0.0684 e. The molecular formula is C9H11Cl2NO. The molecule has 0 bridgehead atoms. The Bertz CT molecular complexity index is 289. The van der Waals surface area contributed by atoms with Crippen LogP contribution in [-0.4, -0.2) is 17.8 Å². The van der Waals surface area contributed by atoms with Crippen molar-refractivity contribution in [1.29, 1.82) is 0 Å². The quantitative estimate of drug-likeness (QED) is 0.820. The van der Waals surface area contributed by atoms with Crippen LogP contribution in [-0.2, 0) is 0 Å². The molecule has 0 aliphatic heterocycles. The number of aliphatic hydroxyl groups excluding tert-OH is 1. The second-order valence-corrected chi connectivity index (χ2v) is 3.70. The third-order valence-electron chi connectivity index (χ3n) is 1.52. The van der Waals surface area contributed by atoms with Gasteiger partial charge in [0.2, 0.25) is 0 Å². The van der Waals surface area contributed by atoms with Crippen LogP contribution < -0.4 is 5.32 Å². The molecular weight excluding hydrogens is 209 g/mol. The van der Waals surface area contributed by atoms with Crippen LogP contribution in [0.4, 0.5) is 5.69 Å². The van der Waals surface area contributed by atoms with Gasteiger partial charge in [0.25, 0.3) is 0 Å². The lowest BCUT2D eigenvalue weighted by Crippen LogP contribution is -2.15. The molecule has 2 N–H and O–H groups in total. The van der Waals surface area contributed by atoms with E-state index >= 15 is 0 Å². The van der Waals surface area contributed by atoms with Gasteiger partial charge in [-0.15, -0.1) is 0 Å². The van der Waals surface area contributed by atoms with Crippen LogP contribution in [0.2, 0.25) is 10.0 Å². The molecule has 0 saturated carbocycles. The monoisotopic (exact) mass is 219 g/mol. The summed E-state index contributed by atoms with van der Waals surface area (Å²) in [5.74, 6) is 0. The third-order valence-corrected chi connectivity index (χ3v) is 2.07. The van der Waals surface area contributed by atoms with Gasteiger partial charge in [-0.1, -0.05) is 23.2 Å². The predicted octanol–water partition coefficient (Wildman–Crippen LogP) is 2.79. The molecule has 1 atom stereocenters. The summed E-state index contributed by atoms with van der Waals surface area (Å²) in [5, 5.41) is 13.2. The molecule has 0 aliphatic carbocycles. The van der Waals surface area contributed by atoms with E-state index in [2.05, 4.69) is 5.32 Å². The van der Waals surface area contributed by atoms with Gasteiger partial charge in [0, 0.05) is 11.6 Å². The fourth-order valence-electron chi connectivity index (χ4n) is 0.891. The minimum atomic E-state index is -0.397. The van der Waals surface area contributed by atoms with Gasteiger partial charge in [0.05, 0.1) is 16.8 Å². The first kappa shape index (κ1) is 10.6. The molecule has 0 aromatic heterocycles. The average Bonchev–Trinajstić information content (AvgIpc) is 2.02. The van der Waals surface area contributed by atoms with Gasteiger partial charge in [0.15, 0.2) is 0 Å². The Kier molecular flexibility index (Phi) is 3.85. The Morgan fingerprint density at radius 1 is 1.46 bits per heavy atom. The molecule has 0 amide bonds. The standard InChI is InChI=1S/C9H11Cl2NO/c1-6(13)5-12-9-3-2-7(10)4-8(9)11/h2-4,6,12-13H,5H2,1H3/t6-/m1/s1. The number of rotatable bonds is 3. The Labute approximate surface area is 87.5 Å². The van der Waals surface area contributed by atoms with E-state index in [1.54, 1.807) is 25.1 Å². The molecule has 0 fully saturated rings. The second-order valence-electron chi connectivity index (χ2n) is 2.85. The van der Waals surface area contributed by atoms with Crippen molar-refractivity contribution >= 4 is 28.9 Å². The van der Waals surface area contributed by atoms with Gasteiger partial charge in [0.1, 0.15) is 0 Å². The number of anilines is 1. The van der Waals surface area contributed by atoms with E-state index in [-0.39, 0.29) is 0 Å². The van der Waals surface area contributed by atoms with Crippen LogP contribution >= 0.6 is 23.2 Å². The first-order chi connectivity index (χ1) is 6.09. The minimum absolute atomic E-state index is 0.397. The number of hydrogen-bond acceptors (Lipinski definition) is 2. The first-order valence-electron chi connectivity index (χ1n) is 3.96. The zero-order chi connectivity index (χ0) is 9.84. The van der Waals surface area contributed by atoms with Crippen LogP contribution in [0.3, 0.4) is 0 Å². The second kappa shape index (κ2) is 4.70. The lowest BCUT2D eigenvalue weighted by Gasteiger charge is -2.09. The summed E-state index contributed by atoms with van der Waals surface area (Å²) in [6.07, 6.45) is -0.397. The van der Waals surface area contributed by atoms with Crippen LogP contribution in [0, 0.1) is 0 Å². The largest absolute Gasteiger partial charge is 0.392 e. The topological polar surface area (TPSA) is 32.3 Å². The maximum atomic E-state index is 9.03. The number of nitrogens with one attached hydrogen (secondary N) is 1. The van der Waals surface area contributed by atoms with Crippen molar-refractivity contribution in [3.05, 3.63) is 28.2 Å². The van der Waals surface area contributed by atoms with Crippen molar-refractivity contribution in [2.24, 2.45) is 0 Å². The number of halogens is 2. The third kappa shape index (κ3) is 3.43. The van der Waals surface area contributed by atoms with Crippen LogP contribution in [0.1, 0.15) is 6.92 Å². The molecule has 0 radical (unpaired) electrons. The molecule has 2 nitrogen and oxygen atoms in total. The highest BCUT2D eigenvalue weighted by atomic mass is 35.5. The zero-order valence-corrected chi connectivity index (χ0v) is 8.73. The van der Waals surface area contributed by atoms with E-state index in [0.29, 0.717) is 16.6 Å². The summed E-state index contributed by atoms with van der Waals surface area (Å²) in [4.78, 5) is 0. The highest BCUT2D eigenvalue weighted by Crippen LogP contribution is 2.25. The van der Waals surface area contributed by atoms with Gasteiger partial charge in [-0.2, -0.15) is 0 Å². The molecule has 0 spiro atoms. The van der Waals surface area contributed by atoms with E-state index in [1.807, 2.05) is 0 Å². The fraction of sp³-hybridized carbons (Fsp3) is 0.333. The lowest BCUT2D eigenvalue weighted by molar-refractivity contribution is 0.208. The van der Waals surface area contributed by atoms with Crippen molar-refractivity contribution in [2.75, 3.05) is 11.9 Å². The van der Waals surface area contributed by atoms with E-state index in [4.69, 9.17) is 28.3 Å². The maximum Gasteiger partial charge on any atom is 0.0684 e. The SMILES string of the molecule is C[C@@H](O)CNc1ccc(Cl)cc1Cl. The van der Waals surface area contributed by atoms with Crippen molar-refractivity contribution in [1.82, 2.24) is 0 Å². The van der Waals surface area contributed by atoms with Crippen molar-refractivity contribution < 1.29 is 5.11 Å². The molecule has 1 rings (SSSR count). The molecule has 72 valence electrons. The molecule has 0 unspecified atom stereocenters. The van der Waals surface area contributed by atoms with E-state index in [0.717, 1.165) is 5.69 Å². The van der Waals surface area contributed by atoms with E-state index in [1.165, 1.54) is 0 Å². The number of benzene rings is 1. The highest BCUT2D eigenvalue weighted by molar-refractivity contribution is 6.36. The van der Waals surface area contributed by atoms with Crippen LogP contribution in [0.15, 0.2) is 18.2 Å². The van der Waals surface area contributed by atoms with Gasteiger partial charge < -0.3 is 10.4 Å². The highest BCUT2D eigenvalue weighted by Gasteiger charge is 2.01. The van der Waals surface area contributed by atoms with Gasteiger partial charge in [-0.05, 0) is 25.1 Å². The lowest BCUT2D eigenvalue weighted by atomic mass is 10.3. The molecule has 0 aliphatic rings. The molecule has 1 aromatic carbocycles. The molecule has 4 heteroatoms. The van der Waals surface area contributed by atoms with Gasteiger partial charge >= 0.3 is 0 Å². The van der Waals surface area contributed by atoms with E-state index < -0.39 is 6.10 Å². The summed E-state index contributed by atoms with van der Waals surface area (Å²) in [7, 11) is 0. The predicted molar refractivity (Wildman–Crippen MR) is 56.6 cm³/mol. The van der Waals surface area contributed by atoms with Gasteiger partial charge in [-0.3, -0.25) is 0 Å². The van der Waals surface area contributed by atoms with Crippen molar-refractivity contribution in [3.8, 4) is 0 Å². The maximum absolute atomic E-state index is 9.03. The summed E-state index contributed by atoms with van der Waals surface area (Å²) in [6.45, 7) is 2.18. The molecule has 0 saturated heterocycles. The molecule has 0 heterocycles. The van der Waals surface area contributed by atoms with Crippen LogP contribution in [0.25, 0.3) is 0 Å². The number of hydrogen-bond donors (Lipinski definition) is 2. The summed E-state index contributed by atoms with van der Waals surface area (Å²) in [6, 6.07) is 5.19. The number of aliphatic hydroxyl groups is 1. The Hall–Kier alpha value is -0.440. The Morgan fingerprint density at radius 2 is 2.15 bits per heavy atom. The Balaban J connectivity index is 2.67. The molecule has 1 aromatic rings. The van der Waals surface area contributed by atoms with Crippen LogP contribution in [0.5, 0.6) is 0 Å². The fourth-order valence-corrected chi connectivity index (χ4v) is 1.37. The summed E-state index contributed by atoms with van der Waals surface area (Å²) < 4.78 is 0.